The monoisotopic (exact) mass is 513 g/mol. The molecule has 174 valence electrons. The van der Waals surface area contributed by atoms with Gasteiger partial charge in [-0.15, -0.1) is 0 Å². The number of nitrogens with one attached hydrogen (secondary N) is 2. The molecule has 0 radical (unpaired) electrons. The molecule has 3 rings (SSSR count). The molecule has 0 bridgehead atoms. The second-order valence-corrected chi connectivity index (χ2v) is 8.25. The number of ether oxygens (including phenoxy) is 2. The molecule has 2 aromatic rings. The van der Waals surface area contributed by atoms with Gasteiger partial charge >= 0.3 is 5.97 Å². The van der Waals surface area contributed by atoms with Gasteiger partial charge in [-0.1, -0.05) is 34.8 Å². The van der Waals surface area contributed by atoms with E-state index in [9.17, 15) is 19.2 Å². The average molecular weight is 515 g/mol. The predicted octanol–water partition coefficient (Wildman–Crippen LogP) is 3.33. The van der Waals surface area contributed by atoms with Gasteiger partial charge in [0.1, 0.15) is 5.75 Å². The number of anilines is 1. The number of halogens is 3. The summed E-state index contributed by atoms with van der Waals surface area (Å²) in [4.78, 5) is 49.1. The quantitative estimate of drug-likeness (QED) is 0.548. The van der Waals surface area contributed by atoms with Crippen molar-refractivity contribution < 1.29 is 28.7 Å². The van der Waals surface area contributed by atoms with E-state index < -0.39 is 36.2 Å². The van der Waals surface area contributed by atoms with Crippen LogP contribution in [0.25, 0.3) is 0 Å². The first-order chi connectivity index (χ1) is 15.7. The van der Waals surface area contributed by atoms with Crippen LogP contribution in [0.15, 0.2) is 36.4 Å². The highest BCUT2D eigenvalue weighted by Crippen LogP contribution is 2.27. The standard InChI is InChI=1S/C21H18Cl3N3O6/c1-32-17-5-3-13(23)8-16(17)25-18(28)10-33-21(31)11-6-19(29)27(9-11)26-20(30)14-4-2-12(22)7-15(14)24/h2-5,7-8,11H,6,9-10H2,1H3,(H,25,28)(H,26,30)/t11-/m1/s1. The molecule has 9 nitrogen and oxygen atoms in total. The summed E-state index contributed by atoms with van der Waals surface area (Å²) in [7, 11) is 1.43. The van der Waals surface area contributed by atoms with Crippen LogP contribution < -0.4 is 15.5 Å². The number of esters is 1. The minimum absolute atomic E-state index is 0.113. The van der Waals surface area contributed by atoms with E-state index >= 15 is 0 Å². The molecule has 0 unspecified atom stereocenters. The first-order valence-corrected chi connectivity index (χ1v) is 10.7. The molecule has 1 fully saturated rings. The number of amides is 3. The number of benzene rings is 2. The van der Waals surface area contributed by atoms with Gasteiger partial charge in [0.05, 0.1) is 35.8 Å². The zero-order valence-electron chi connectivity index (χ0n) is 17.2. The number of carbonyl (C=O) groups excluding carboxylic acids is 4. The van der Waals surface area contributed by atoms with Crippen LogP contribution in [-0.4, -0.2) is 49.0 Å². The highest BCUT2D eigenvalue weighted by Gasteiger charge is 2.37. The zero-order valence-corrected chi connectivity index (χ0v) is 19.5. The summed E-state index contributed by atoms with van der Waals surface area (Å²) in [5, 5.41) is 4.40. The summed E-state index contributed by atoms with van der Waals surface area (Å²) in [6, 6.07) is 8.96. The number of hydrogen-bond acceptors (Lipinski definition) is 6. The lowest BCUT2D eigenvalue weighted by atomic mass is 10.1. The molecule has 12 heteroatoms. The number of hydrogen-bond donors (Lipinski definition) is 2. The van der Waals surface area contributed by atoms with E-state index in [0.29, 0.717) is 21.5 Å². The molecule has 0 spiro atoms. The minimum atomic E-state index is -0.855. The van der Waals surface area contributed by atoms with Crippen molar-refractivity contribution >= 4 is 64.2 Å². The molecule has 1 heterocycles. The third-order valence-electron chi connectivity index (χ3n) is 4.65. The highest BCUT2D eigenvalue weighted by molar-refractivity contribution is 6.36. The van der Waals surface area contributed by atoms with Crippen LogP contribution >= 0.6 is 34.8 Å². The van der Waals surface area contributed by atoms with Crippen LogP contribution in [0.4, 0.5) is 5.69 Å². The van der Waals surface area contributed by atoms with Gasteiger partial charge in [0.2, 0.25) is 5.91 Å². The second-order valence-electron chi connectivity index (χ2n) is 6.97. The molecule has 1 saturated heterocycles. The summed E-state index contributed by atoms with van der Waals surface area (Å²) < 4.78 is 10.2. The van der Waals surface area contributed by atoms with Crippen molar-refractivity contribution in [1.29, 1.82) is 0 Å². The van der Waals surface area contributed by atoms with Crippen molar-refractivity contribution in [1.82, 2.24) is 10.4 Å². The molecule has 2 aromatic carbocycles. The maximum absolute atomic E-state index is 12.4. The van der Waals surface area contributed by atoms with E-state index in [1.165, 1.54) is 31.4 Å². The highest BCUT2D eigenvalue weighted by atomic mass is 35.5. The van der Waals surface area contributed by atoms with Gasteiger partial charge in [-0.05, 0) is 36.4 Å². The van der Waals surface area contributed by atoms with Crippen LogP contribution in [-0.2, 0) is 19.1 Å². The molecular formula is C21H18Cl3N3O6. The predicted molar refractivity (Wildman–Crippen MR) is 121 cm³/mol. The maximum Gasteiger partial charge on any atom is 0.311 e. The number of rotatable bonds is 7. The smallest absolute Gasteiger partial charge is 0.311 e. The van der Waals surface area contributed by atoms with E-state index in [0.717, 1.165) is 5.01 Å². The SMILES string of the molecule is COc1ccc(Cl)cc1NC(=O)COC(=O)[C@@H]1CC(=O)N(NC(=O)c2ccc(Cl)cc2Cl)C1. The minimum Gasteiger partial charge on any atom is -0.495 e. The maximum atomic E-state index is 12.4. The number of hydrazine groups is 1. The summed E-state index contributed by atoms with van der Waals surface area (Å²) in [5.41, 5.74) is 2.84. The van der Waals surface area contributed by atoms with Crippen molar-refractivity contribution in [3.05, 3.63) is 57.0 Å². The average Bonchev–Trinajstić information content (AvgIpc) is 3.12. The Morgan fingerprint density at radius 2 is 1.79 bits per heavy atom. The molecule has 1 atom stereocenters. The van der Waals surface area contributed by atoms with Crippen molar-refractivity contribution in [2.75, 3.05) is 25.6 Å². The molecule has 33 heavy (non-hydrogen) atoms. The molecule has 0 aliphatic carbocycles. The first-order valence-electron chi connectivity index (χ1n) is 9.54. The molecule has 0 saturated carbocycles. The van der Waals surface area contributed by atoms with Crippen LogP contribution in [0, 0.1) is 5.92 Å². The Bertz CT molecular complexity index is 1110. The Kier molecular flexibility index (Phi) is 8.01. The third kappa shape index (κ3) is 6.28. The van der Waals surface area contributed by atoms with Crippen molar-refractivity contribution in [3.63, 3.8) is 0 Å². The summed E-state index contributed by atoms with van der Waals surface area (Å²) in [5.74, 6) is -2.95. The van der Waals surface area contributed by atoms with Crippen LogP contribution in [0.3, 0.4) is 0 Å². The molecule has 1 aliphatic rings. The van der Waals surface area contributed by atoms with Gasteiger partial charge < -0.3 is 14.8 Å². The summed E-state index contributed by atoms with van der Waals surface area (Å²) >= 11 is 17.7. The molecule has 1 aliphatic heterocycles. The van der Waals surface area contributed by atoms with E-state index in [1.807, 2.05) is 0 Å². The lowest BCUT2D eigenvalue weighted by Gasteiger charge is -2.18. The van der Waals surface area contributed by atoms with E-state index in [4.69, 9.17) is 44.3 Å². The van der Waals surface area contributed by atoms with Crippen molar-refractivity contribution in [2.45, 2.75) is 6.42 Å². The van der Waals surface area contributed by atoms with Gasteiger partial charge in [0.25, 0.3) is 11.8 Å². The van der Waals surface area contributed by atoms with Crippen LogP contribution in [0.5, 0.6) is 5.75 Å². The third-order valence-corrected chi connectivity index (χ3v) is 5.43. The number of carbonyl (C=O) groups is 4. The topological polar surface area (TPSA) is 114 Å². The zero-order chi connectivity index (χ0) is 24.1. The van der Waals surface area contributed by atoms with Crippen molar-refractivity contribution in [3.8, 4) is 5.75 Å². The summed E-state index contributed by atoms with van der Waals surface area (Å²) in [6.07, 6.45) is -0.183. The van der Waals surface area contributed by atoms with Gasteiger partial charge in [-0.3, -0.25) is 29.6 Å². The van der Waals surface area contributed by atoms with Crippen LogP contribution in [0.1, 0.15) is 16.8 Å². The largest absolute Gasteiger partial charge is 0.495 e. The lowest BCUT2D eigenvalue weighted by molar-refractivity contribution is -0.151. The van der Waals surface area contributed by atoms with Gasteiger partial charge in [0, 0.05) is 16.5 Å². The Labute approximate surface area is 203 Å². The fourth-order valence-electron chi connectivity index (χ4n) is 3.05. The summed E-state index contributed by atoms with van der Waals surface area (Å²) in [6.45, 7) is -0.690. The molecular weight excluding hydrogens is 497 g/mol. The Morgan fingerprint density at radius 1 is 1.09 bits per heavy atom. The molecule has 2 N–H and O–H groups in total. The van der Waals surface area contributed by atoms with Gasteiger partial charge in [0.15, 0.2) is 6.61 Å². The van der Waals surface area contributed by atoms with Crippen molar-refractivity contribution in [2.24, 2.45) is 5.92 Å². The van der Waals surface area contributed by atoms with Crippen LogP contribution in [0.2, 0.25) is 15.1 Å². The second kappa shape index (κ2) is 10.7. The fraction of sp³-hybridized carbons (Fsp3) is 0.238. The normalized spacial score (nSPS) is 15.2. The van der Waals surface area contributed by atoms with E-state index in [-0.39, 0.29) is 23.6 Å². The lowest BCUT2D eigenvalue weighted by Crippen LogP contribution is -2.43. The Hall–Kier alpha value is -3.01. The first kappa shape index (κ1) is 24.6. The van der Waals surface area contributed by atoms with E-state index in [2.05, 4.69) is 10.7 Å². The number of methoxy groups -OCH3 is 1. The van der Waals surface area contributed by atoms with Gasteiger partial charge in [-0.25, -0.2) is 0 Å². The van der Waals surface area contributed by atoms with E-state index in [1.54, 1.807) is 12.1 Å². The fourth-order valence-corrected chi connectivity index (χ4v) is 3.72. The Morgan fingerprint density at radius 3 is 2.48 bits per heavy atom. The van der Waals surface area contributed by atoms with Gasteiger partial charge in [-0.2, -0.15) is 0 Å². The molecule has 0 aromatic heterocycles. The molecule has 3 amide bonds. The Balaban J connectivity index is 1.52. The number of nitrogens with zero attached hydrogens (tertiary/aromatic N) is 1.